The zero-order chi connectivity index (χ0) is 15.5. The van der Waals surface area contributed by atoms with Gasteiger partial charge in [0.25, 0.3) is 10.0 Å². The highest BCUT2D eigenvalue weighted by Gasteiger charge is 2.34. The molecule has 0 amide bonds. The van der Waals surface area contributed by atoms with E-state index < -0.39 is 15.6 Å². The molecule has 1 atom stereocenters. The van der Waals surface area contributed by atoms with E-state index in [1.165, 1.54) is 0 Å². The number of nitrogens with one attached hydrogen (secondary N) is 3. The van der Waals surface area contributed by atoms with Gasteiger partial charge in [0.2, 0.25) is 0 Å². The van der Waals surface area contributed by atoms with Crippen LogP contribution in [0.1, 0.15) is 39.2 Å². The molecule has 2 rings (SSSR count). The largest absolute Gasteiger partial charge is 0.380 e. The second kappa shape index (κ2) is 6.43. The quantitative estimate of drug-likeness (QED) is 0.720. The van der Waals surface area contributed by atoms with Crippen molar-refractivity contribution < 1.29 is 13.2 Å². The van der Waals surface area contributed by atoms with Crippen LogP contribution in [0.3, 0.4) is 0 Å². The summed E-state index contributed by atoms with van der Waals surface area (Å²) < 4.78 is 33.3. The van der Waals surface area contributed by atoms with Gasteiger partial charge in [-0.05, 0) is 19.8 Å². The van der Waals surface area contributed by atoms with Crippen LogP contribution in [0, 0.1) is 0 Å². The summed E-state index contributed by atoms with van der Waals surface area (Å²) in [6.45, 7) is 7.41. The van der Waals surface area contributed by atoms with E-state index in [-0.39, 0.29) is 11.1 Å². The Labute approximate surface area is 125 Å². The molecule has 0 spiro atoms. The lowest BCUT2D eigenvalue weighted by Crippen LogP contribution is -2.51. The first-order chi connectivity index (χ1) is 9.82. The zero-order valence-corrected chi connectivity index (χ0v) is 13.6. The molecule has 120 valence electrons. The normalized spacial score (nSPS) is 23.6. The summed E-state index contributed by atoms with van der Waals surface area (Å²) in [5.74, 6) is 0. The van der Waals surface area contributed by atoms with Crippen LogP contribution >= 0.6 is 0 Å². The molecule has 0 aliphatic carbocycles. The van der Waals surface area contributed by atoms with E-state index in [2.05, 4.69) is 20.2 Å². The fourth-order valence-electron chi connectivity index (χ4n) is 2.36. The Kier molecular flexibility index (Phi) is 5.03. The van der Waals surface area contributed by atoms with Crippen molar-refractivity contribution in [3.8, 4) is 0 Å². The summed E-state index contributed by atoms with van der Waals surface area (Å²) in [7, 11) is -3.64. The van der Waals surface area contributed by atoms with E-state index in [1.807, 2.05) is 20.8 Å². The van der Waals surface area contributed by atoms with Crippen LogP contribution in [0.2, 0.25) is 0 Å². The Morgan fingerprint density at radius 2 is 2.29 bits per heavy atom. The van der Waals surface area contributed by atoms with Gasteiger partial charge in [0.05, 0.1) is 18.3 Å². The van der Waals surface area contributed by atoms with Crippen LogP contribution in [0.5, 0.6) is 0 Å². The van der Waals surface area contributed by atoms with Crippen LogP contribution in [0.4, 0.5) is 0 Å². The van der Waals surface area contributed by atoms with Crippen molar-refractivity contribution >= 4 is 10.0 Å². The van der Waals surface area contributed by atoms with Crippen molar-refractivity contribution in [2.75, 3.05) is 13.2 Å². The summed E-state index contributed by atoms with van der Waals surface area (Å²) in [5, 5.41) is 9.79. The summed E-state index contributed by atoms with van der Waals surface area (Å²) >= 11 is 0. The number of rotatable bonds is 6. The van der Waals surface area contributed by atoms with Crippen LogP contribution in [0.15, 0.2) is 11.2 Å². The minimum absolute atomic E-state index is 0.127. The van der Waals surface area contributed by atoms with Crippen LogP contribution in [-0.2, 0) is 21.3 Å². The molecule has 3 N–H and O–H groups in total. The molecule has 0 bridgehead atoms. The van der Waals surface area contributed by atoms with Gasteiger partial charge in [-0.25, -0.2) is 13.1 Å². The predicted molar refractivity (Wildman–Crippen MR) is 79.3 cm³/mol. The van der Waals surface area contributed by atoms with Gasteiger partial charge in [-0.1, -0.05) is 13.8 Å². The molecule has 1 aliphatic rings. The van der Waals surface area contributed by atoms with Gasteiger partial charge in [-0.3, -0.25) is 5.10 Å². The minimum Gasteiger partial charge on any atom is -0.380 e. The van der Waals surface area contributed by atoms with Gasteiger partial charge in [-0.2, -0.15) is 5.10 Å². The number of aromatic nitrogens is 2. The fraction of sp³-hybridized carbons (Fsp3) is 0.769. The molecule has 1 unspecified atom stereocenters. The van der Waals surface area contributed by atoms with Crippen molar-refractivity contribution in [1.82, 2.24) is 20.2 Å². The molecule has 1 aliphatic heterocycles. The Bertz CT molecular complexity index is 562. The third kappa shape index (κ3) is 4.26. The van der Waals surface area contributed by atoms with E-state index in [4.69, 9.17) is 4.74 Å². The summed E-state index contributed by atoms with van der Waals surface area (Å²) in [4.78, 5) is 0. The van der Waals surface area contributed by atoms with E-state index in [0.29, 0.717) is 25.3 Å². The summed E-state index contributed by atoms with van der Waals surface area (Å²) in [6, 6.07) is 0.271. The molecule has 8 heteroatoms. The monoisotopic (exact) mass is 316 g/mol. The SMILES string of the molecule is CC(C)NCc1cn[nH]c1S(=O)(=O)NC1(C)CCCOC1. The summed E-state index contributed by atoms with van der Waals surface area (Å²) in [6.07, 6.45) is 3.16. The van der Waals surface area contributed by atoms with Crippen molar-refractivity contribution in [1.29, 1.82) is 0 Å². The lowest BCUT2D eigenvalue weighted by Gasteiger charge is -2.33. The van der Waals surface area contributed by atoms with Crippen molar-refractivity contribution in [3.05, 3.63) is 11.8 Å². The lowest BCUT2D eigenvalue weighted by atomic mass is 9.97. The van der Waals surface area contributed by atoms with Gasteiger partial charge >= 0.3 is 0 Å². The molecule has 0 radical (unpaired) electrons. The average molecular weight is 316 g/mol. The van der Waals surface area contributed by atoms with E-state index in [0.717, 1.165) is 12.8 Å². The number of aromatic amines is 1. The van der Waals surface area contributed by atoms with Crippen LogP contribution < -0.4 is 10.0 Å². The maximum absolute atomic E-state index is 12.6. The maximum Gasteiger partial charge on any atom is 0.258 e. The van der Waals surface area contributed by atoms with Crippen LogP contribution in [-0.4, -0.2) is 43.4 Å². The fourth-order valence-corrected chi connectivity index (χ4v) is 3.92. The van der Waals surface area contributed by atoms with Crippen molar-refractivity contribution in [2.24, 2.45) is 0 Å². The van der Waals surface area contributed by atoms with E-state index in [9.17, 15) is 8.42 Å². The standard InChI is InChI=1S/C13H24N4O3S/c1-10(2)14-7-11-8-15-16-12(11)21(18,19)17-13(3)5-4-6-20-9-13/h8,10,14,17H,4-7,9H2,1-3H3,(H,15,16). The number of hydrogen-bond acceptors (Lipinski definition) is 5. The van der Waals surface area contributed by atoms with Crippen molar-refractivity contribution in [2.45, 2.75) is 56.8 Å². The molecule has 0 saturated carbocycles. The van der Waals surface area contributed by atoms with Gasteiger partial charge in [0.1, 0.15) is 0 Å². The van der Waals surface area contributed by atoms with E-state index >= 15 is 0 Å². The zero-order valence-electron chi connectivity index (χ0n) is 12.8. The molecule has 1 aromatic heterocycles. The molecule has 1 aromatic rings. The van der Waals surface area contributed by atoms with Gasteiger partial charge in [-0.15, -0.1) is 0 Å². The highest BCUT2D eigenvalue weighted by atomic mass is 32.2. The maximum atomic E-state index is 12.6. The first-order valence-electron chi connectivity index (χ1n) is 7.20. The number of H-pyrrole nitrogens is 1. The average Bonchev–Trinajstić information content (AvgIpc) is 2.85. The molecular weight excluding hydrogens is 292 g/mol. The number of sulfonamides is 1. The molecule has 1 fully saturated rings. The molecule has 0 aromatic carbocycles. The first-order valence-corrected chi connectivity index (χ1v) is 8.68. The number of hydrogen-bond donors (Lipinski definition) is 3. The Hall–Kier alpha value is -0.960. The third-order valence-electron chi connectivity index (χ3n) is 3.47. The molecular formula is C13H24N4O3S. The van der Waals surface area contributed by atoms with E-state index in [1.54, 1.807) is 6.20 Å². The molecule has 21 heavy (non-hydrogen) atoms. The number of ether oxygens (including phenoxy) is 1. The van der Waals surface area contributed by atoms with Gasteiger partial charge in [0, 0.05) is 24.8 Å². The molecule has 2 heterocycles. The molecule has 7 nitrogen and oxygen atoms in total. The minimum atomic E-state index is -3.64. The summed E-state index contributed by atoms with van der Waals surface area (Å²) in [5.41, 5.74) is 0.0711. The second-order valence-electron chi connectivity index (χ2n) is 6.08. The van der Waals surface area contributed by atoms with Gasteiger partial charge in [0.15, 0.2) is 5.03 Å². The van der Waals surface area contributed by atoms with Gasteiger partial charge < -0.3 is 10.1 Å². The Morgan fingerprint density at radius 3 is 2.90 bits per heavy atom. The Morgan fingerprint density at radius 1 is 1.52 bits per heavy atom. The highest BCUT2D eigenvalue weighted by Crippen LogP contribution is 2.22. The first kappa shape index (κ1) is 16.4. The lowest BCUT2D eigenvalue weighted by molar-refractivity contribution is 0.0386. The molecule has 1 saturated heterocycles. The van der Waals surface area contributed by atoms with Crippen LogP contribution in [0.25, 0.3) is 0 Å². The smallest absolute Gasteiger partial charge is 0.258 e. The number of nitrogens with zero attached hydrogens (tertiary/aromatic N) is 1. The second-order valence-corrected chi connectivity index (χ2v) is 7.70. The highest BCUT2D eigenvalue weighted by molar-refractivity contribution is 7.89. The third-order valence-corrected chi connectivity index (χ3v) is 5.12. The topological polar surface area (TPSA) is 96.1 Å². The Balaban J connectivity index is 2.14. The van der Waals surface area contributed by atoms with Crippen molar-refractivity contribution in [3.63, 3.8) is 0 Å². The predicted octanol–water partition coefficient (Wildman–Crippen LogP) is 0.755.